The highest BCUT2D eigenvalue weighted by Gasteiger charge is 2.29. The van der Waals surface area contributed by atoms with Crippen molar-refractivity contribution >= 4 is 15.9 Å². The van der Waals surface area contributed by atoms with E-state index in [1.54, 1.807) is 0 Å². The van der Waals surface area contributed by atoms with Gasteiger partial charge in [0.15, 0.2) is 5.76 Å². The van der Waals surface area contributed by atoms with Crippen LogP contribution in [0.3, 0.4) is 0 Å². The van der Waals surface area contributed by atoms with Crippen molar-refractivity contribution in [3.05, 3.63) is 51.6 Å². The highest BCUT2D eigenvalue weighted by Crippen LogP contribution is 2.33. The van der Waals surface area contributed by atoms with Gasteiger partial charge in [0.25, 0.3) is 0 Å². The molecule has 3 rings (SSSR count). The fourth-order valence-electron chi connectivity index (χ4n) is 2.75. The molecule has 2 heterocycles. The molecule has 0 saturated carbocycles. The molecule has 1 aromatic carbocycles. The van der Waals surface area contributed by atoms with Gasteiger partial charge in [0, 0.05) is 12.6 Å². The van der Waals surface area contributed by atoms with Gasteiger partial charge < -0.3 is 4.52 Å². The first-order valence-corrected chi connectivity index (χ1v) is 7.54. The fourth-order valence-corrected chi connectivity index (χ4v) is 3.18. The van der Waals surface area contributed by atoms with Gasteiger partial charge in [-0.25, -0.2) is 4.39 Å². The number of hydrogen-bond acceptors (Lipinski definition) is 3. The monoisotopic (exact) mass is 338 g/mol. The number of rotatable bonds is 3. The number of likely N-dealkylation sites (tertiary alicyclic amines) is 1. The zero-order valence-electron chi connectivity index (χ0n) is 11.3. The summed E-state index contributed by atoms with van der Waals surface area (Å²) in [6.07, 6.45) is 2.23. The number of benzene rings is 1. The second kappa shape index (κ2) is 5.66. The summed E-state index contributed by atoms with van der Waals surface area (Å²) < 4.78 is 19.2. The van der Waals surface area contributed by atoms with Gasteiger partial charge in [-0.1, -0.05) is 11.2 Å². The van der Waals surface area contributed by atoms with Crippen molar-refractivity contribution in [1.29, 1.82) is 0 Å². The van der Waals surface area contributed by atoms with Gasteiger partial charge in [0.05, 0.1) is 16.2 Å². The van der Waals surface area contributed by atoms with E-state index in [0.29, 0.717) is 4.47 Å². The first-order chi connectivity index (χ1) is 9.63. The summed E-state index contributed by atoms with van der Waals surface area (Å²) in [6.45, 7) is 3.76. The quantitative estimate of drug-likeness (QED) is 0.838. The number of aromatic nitrogens is 1. The number of aryl methyl sites for hydroxylation is 1. The second-order valence-electron chi connectivity index (χ2n) is 5.25. The van der Waals surface area contributed by atoms with E-state index in [0.717, 1.165) is 42.9 Å². The van der Waals surface area contributed by atoms with Crippen LogP contribution in [0.5, 0.6) is 0 Å². The minimum absolute atomic E-state index is 0.224. The van der Waals surface area contributed by atoms with Crippen LogP contribution in [0.1, 0.15) is 35.9 Å². The molecule has 1 aromatic heterocycles. The van der Waals surface area contributed by atoms with Crippen LogP contribution in [0.4, 0.5) is 4.39 Å². The molecule has 1 saturated heterocycles. The van der Waals surface area contributed by atoms with Gasteiger partial charge in [-0.3, -0.25) is 4.90 Å². The zero-order valence-corrected chi connectivity index (χ0v) is 12.9. The normalized spacial score (nSPS) is 19.6. The van der Waals surface area contributed by atoms with E-state index in [9.17, 15) is 4.39 Å². The van der Waals surface area contributed by atoms with Crippen molar-refractivity contribution in [3.8, 4) is 0 Å². The summed E-state index contributed by atoms with van der Waals surface area (Å²) in [7, 11) is 0. The van der Waals surface area contributed by atoms with Gasteiger partial charge in [0.2, 0.25) is 0 Å². The topological polar surface area (TPSA) is 29.3 Å². The van der Waals surface area contributed by atoms with Crippen LogP contribution >= 0.6 is 15.9 Å². The first kappa shape index (κ1) is 13.8. The molecule has 2 aromatic rings. The highest BCUT2D eigenvalue weighted by atomic mass is 79.9. The van der Waals surface area contributed by atoms with E-state index in [-0.39, 0.29) is 11.9 Å². The third kappa shape index (κ3) is 2.79. The molecule has 0 N–H and O–H groups in total. The average Bonchev–Trinajstić information content (AvgIpc) is 3.03. The lowest BCUT2D eigenvalue weighted by molar-refractivity contribution is 0.206. The van der Waals surface area contributed by atoms with Crippen molar-refractivity contribution in [3.63, 3.8) is 0 Å². The standard InChI is InChI=1S/C15H16BrFN2O/c1-10-7-15(20-18-10)14-3-2-6-19(14)9-11-4-5-13(17)12(16)8-11/h4-5,7-8,14H,2-3,6,9H2,1H3/t14-/m0/s1. The molecule has 0 spiro atoms. The van der Waals surface area contributed by atoms with Gasteiger partial charge in [-0.15, -0.1) is 0 Å². The van der Waals surface area contributed by atoms with Crippen LogP contribution in [0.15, 0.2) is 33.3 Å². The predicted molar refractivity (Wildman–Crippen MR) is 77.7 cm³/mol. The Labute approximate surface area is 125 Å². The van der Waals surface area contributed by atoms with Crippen LogP contribution in [0, 0.1) is 12.7 Å². The van der Waals surface area contributed by atoms with Crippen LogP contribution < -0.4 is 0 Å². The molecule has 1 atom stereocenters. The van der Waals surface area contributed by atoms with E-state index in [1.807, 2.05) is 25.1 Å². The number of nitrogens with zero attached hydrogens (tertiary/aromatic N) is 2. The molecule has 5 heteroatoms. The Morgan fingerprint density at radius 1 is 1.45 bits per heavy atom. The first-order valence-electron chi connectivity index (χ1n) is 6.74. The zero-order chi connectivity index (χ0) is 14.1. The van der Waals surface area contributed by atoms with Crippen molar-refractivity contribution in [1.82, 2.24) is 10.1 Å². The van der Waals surface area contributed by atoms with Gasteiger partial charge in [0.1, 0.15) is 5.82 Å². The van der Waals surface area contributed by atoms with Crippen LogP contribution in [0.2, 0.25) is 0 Å². The predicted octanol–water partition coefficient (Wildman–Crippen LogP) is 4.22. The van der Waals surface area contributed by atoms with Crippen LogP contribution in [-0.2, 0) is 6.54 Å². The molecule has 0 radical (unpaired) electrons. The summed E-state index contributed by atoms with van der Waals surface area (Å²) >= 11 is 3.24. The van der Waals surface area contributed by atoms with Crippen molar-refractivity contribution in [2.24, 2.45) is 0 Å². The number of hydrogen-bond donors (Lipinski definition) is 0. The second-order valence-corrected chi connectivity index (χ2v) is 6.10. The van der Waals surface area contributed by atoms with E-state index < -0.39 is 0 Å². The van der Waals surface area contributed by atoms with Crippen LogP contribution in [0.25, 0.3) is 0 Å². The maximum atomic E-state index is 13.3. The number of halogens is 2. The minimum Gasteiger partial charge on any atom is -0.359 e. The SMILES string of the molecule is Cc1cc([C@@H]2CCCN2Cc2ccc(F)c(Br)c2)on1. The molecule has 1 aliphatic rings. The molecular weight excluding hydrogens is 323 g/mol. The smallest absolute Gasteiger partial charge is 0.154 e. The molecule has 0 aliphatic carbocycles. The minimum atomic E-state index is -0.224. The van der Waals surface area contributed by atoms with Gasteiger partial charge >= 0.3 is 0 Å². The molecule has 106 valence electrons. The fraction of sp³-hybridized carbons (Fsp3) is 0.400. The molecule has 3 nitrogen and oxygen atoms in total. The lowest BCUT2D eigenvalue weighted by Gasteiger charge is -2.22. The molecule has 1 aliphatic heterocycles. The Morgan fingerprint density at radius 3 is 3.00 bits per heavy atom. The Kier molecular flexibility index (Phi) is 3.89. The largest absolute Gasteiger partial charge is 0.359 e. The van der Waals surface area contributed by atoms with Crippen molar-refractivity contribution in [2.75, 3.05) is 6.54 Å². The molecule has 1 fully saturated rings. The molecule has 0 bridgehead atoms. The Hall–Kier alpha value is -1.20. The van der Waals surface area contributed by atoms with Crippen molar-refractivity contribution in [2.45, 2.75) is 32.4 Å². The van der Waals surface area contributed by atoms with Gasteiger partial charge in [-0.05, 0) is 59.9 Å². The molecule has 0 amide bonds. The molecule has 20 heavy (non-hydrogen) atoms. The average molecular weight is 339 g/mol. The Balaban J connectivity index is 1.77. The Bertz CT molecular complexity index is 614. The molecule has 0 unspecified atom stereocenters. The third-order valence-corrected chi connectivity index (χ3v) is 4.32. The lowest BCUT2D eigenvalue weighted by Crippen LogP contribution is -2.22. The summed E-state index contributed by atoms with van der Waals surface area (Å²) in [5, 5.41) is 3.97. The third-order valence-electron chi connectivity index (χ3n) is 3.71. The van der Waals surface area contributed by atoms with E-state index >= 15 is 0 Å². The summed E-state index contributed by atoms with van der Waals surface area (Å²) in [4.78, 5) is 2.36. The Morgan fingerprint density at radius 2 is 2.30 bits per heavy atom. The van der Waals surface area contributed by atoms with E-state index in [4.69, 9.17) is 4.52 Å². The van der Waals surface area contributed by atoms with E-state index in [1.165, 1.54) is 6.07 Å². The van der Waals surface area contributed by atoms with Crippen LogP contribution in [-0.4, -0.2) is 16.6 Å². The highest BCUT2D eigenvalue weighted by molar-refractivity contribution is 9.10. The summed E-state index contributed by atoms with van der Waals surface area (Å²) in [5.41, 5.74) is 2.01. The maximum absolute atomic E-state index is 13.3. The van der Waals surface area contributed by atoms with Crippen molar-refractivity contribution < 1.29 is 8.91 Å². The molecular formula is C15H16BrFN2O. The summed E-state index contributed by atoms with van der Waals surface area (Å²) in [6, 6.07) is 7.46. The van der Waals surface area contributed by atoms with Gasteiger partial charge in [-0.2, -0.15) is 0 Å². The lowest BCUT2D eigenvalue weighted by atomic mass is 10.1. The summed E-state index contributed by atoms with van der Waals surface area (Å²) in [5.74, 6) is 0.707. The maximum Gasteiger partial charge on any atom is 0.154 e. The van der Waals surface area contributed by atoms with E-state index in [2.05, 4.69) is 26.0 Å².